The zero-order valence-corrected chi connectivity index (χ0v) is 17.6. The summed E-state index contributed by atoms with van der Waals surface area (Å²) in [5.41, 5.74) is 1.07. The number of hydrogen-bond acceptors (Lipinski definition) is 4. The van der Waals surface area contributed by atoms with Crippen molar-refractivity contribution in [2.45, 2.75) is 26.1 Å². The summed E-state index contributed by atoms with van der Waals surface area (Å²) in [6.45, 7) is 4.54. The lowest BCUT2D eigenvalue weighted by Crippen LogP contribution is -2.37. The molecule has 0 atom stereocenters. The van der Waals surface area contributed by atoms with E-state index in [4.69, 9.17) is 0 Å². The lowest BCUT2D eigenvalue weighted by molar-refractivity contribution is -0.137. The first-order valence-corrected chi connectivity index (χ1v) is 10.4. The van der Waals surface area contributed by atoms with Crippen LogP contribution in [0.15, 0.2) is 47.4 Å². The molecule has 4 rings (SSSR count). The van der Waals surface area contributed by atoms with Gasteiger partial charge >= 0.3 is 6.18 Å². The average molecular weight is 444 g/mol. The second-order valence-electron chi connectivity index (χ2n) is 8.00. The van der Waals surface area contributed by atoms with E-state index in [1.807, 2.05) is 6.92 Å². The molecule has 1 fully saturated rings. The molecule has 0 saturated carbocycles. The number of alkyl halides is 3. The molecule has 3 aromatic rings. The van der Waals surface area contributed by atoms with E-state index in [-0.39, 0.29) is 16.9 Å². The van der Waals surface area contributed by atoms with E-state index in [0.717, 1.165) is 23.4 Å². The number of H-pyrrole nitrogens is 1. The maximum Gasteiger partial charge on any atom is 0.416 e. The monoisotopic (exact) mass is 444 g/mol. The van der Waals surface area contributed by atoms with Crippen molar-refractivity contribution in [2.24, 2.45) is 0 Å². The molecule has 1 aliphatic heterocycles. The number of hydrogen-bond donors (Lipinski definition) is 1. The van der Waals surface area contributed by atoms with Crippen LogP contribution in [0.3, 0.4) is 0 Å². The van der Waals surface area contributed by atoms with Crippen molar-refractivity contribution in [1.29, 1.82) is 0 Å². The van der Waals surface area contributed by atoms with Crippen molar-refractivity contribution < 1.29 is 18.0 Å². The molecule has 1 N–H and O–H groups in total. The van der Waals surface area contributed by atoms with Gasteiger partial charge in [-0.1, -0.05) is 12.1 Å². The summed E-state index contributed by atoms with van der Waals surface area (Å²) in [5.74, 6) is -0.329. The van der Waals surface area contributed by atoms with E-state index < -0.39 is 11.7 Å². The Bertz CT molecular complexity index is 1190. The molecule has 6 nitrogen and oxygen atoms in total. The molecule has 1 saturated heterocycles. The molecule has 0 radical (unpaired) electrons. The summed E-state index contributed by atoms with van der Waals surface area (Å²) < 4.78 is 38.2. The van der Waals surface area contributed by atoms with Gasteiger partial charge in [0.25, 0.3) is 5.91 Å². The number of aryl methyl sites for hydroxylation is 1. The standard InChI is InChI=1S/C23H23F3N4O2/c1-15-3-8-18-20(31)19(13-27-21(18)28-15)22(32)30-10-2-9-29(11-12-30)14-16-4-6-17(7-5-16)23(24,25)26/h3-8,13H,2,9-12,14H2,1H3,(H,27,28,31). The first-order chi connectivity index (χ1) is 15.2. The van der Waals surface area contributed by atoms with Gasteiger partial charge in [-0.3, -0.25) is 14.5 Å². The topological polar surface area (TPSA) is 69.3 Å². The highest BCUT2D eigenvalue weighted by atomic mass is 19.4. The normalized spacial score (nSPS) is 15.7. The van der Waals surface area contributed by atoms with Crippen LogP contribution in [0.2, 0.25) is 0 Å². The first-order valence-electron chi connectivity index (χ1n) is 10.4. The predicted octanol–water partition coefficient (Wildman–Crippen LogP) is 3.60. The Morgan fingerprint density at radius 3 is 2.53 bits per heavy atom. The molecular weight excluding hydrogens is 421 g/mol. The highest BCUT2D eigenvalue weighted by Gasteiger charge is 2.30. The molecule has 9 heteroatoms. The van der Waals surface area contributed by atoms with Crippen LogP contribution < -0.4 is 5.43 Å². The van der Waals surface area contributed by atoms with Crippen molar-refractivity contribution in [3.8, 4) is 0 Å². The number of carbonyl (C=O) groups is 1. The third-order valence-corrected chi connectivity index (χ3v) is 5.67. The predicted molar refractivity (Wildman–Crippen MR) is 114 cm³/mol. The third kappa shape index (κ3) is 4.67. The molecule has 0 bridgehead atoms. The van der Waals surface area contributed by atoms with E-state index in [9.17, 15) is 22.8 Å². The minimum Gasteiger partial charge on any atom is -0.345 e. The van der Waals surface area contributed by atoms with Gasteiger partial charge in [0, 0.05) is 44.6 Å². The summed E-state index contributed by atoms with van der Waals surface area (Å²) in [7, 11) is 0. The molecule has 1 aromatic carbocycles. The number of aromatic amines is 1. The number of carbonyl (C=O) groups excluding carboxylic acids is 1. The molecule has 0 unspecified atom stereocenters. The number of fused-ring (bicyclic) bond motifs is 1. The SMILES string of the molecule is Cc1ccc2c(=O)c(C(=O)N3CCCN(Cc4ccc(C(F)(F)F)cc4)CC3)c[nH]c2n1. The Morgan fingerprint density at radius 1 is 1.06 bits per heavy atom. The summed E-state index contributed by atoms with van der Waals surface area (Å²) in [5, 5.41) is 0.375. The van der Waals surface area contributed by atoms with Crippen molar-refractivity contribution in [3.63, 3.8) is 0 Å². The van der Waals surface area contributed by atoms with Gasteiger partial charge in [-0.25, -0.2) is 4.98 Å². The lowest BCUT2D eigenvalue weighted by Gasteiger charge is -2.22. The molecule has 0 aliphatic carbocycles. The number of halogens is 3. The van der Waals surface area contributed by atoms with Crippen molar-refractivity contribution >= 4 is 16.9 Å². The highest BCUT2D eigenvalue weighted by Crippen LogP contribution is 2.29. The van der Waals surface area contributed by atoms with E-state index in [0.29, 0.717) is 50.2 Å². The Morgan fingerprint density at radius 2 is 1.81 bits per heavy atom. The number of pyridine rings is 2. The Hall–Kier alpha value is -3.20. The molecule has 0 spiro atoms. The van der Waals surface area contributed by atoms with Gasteiger partial charge in [0.1, 0.15) is 11.2 Å². The molecule has 3 heterocycles. The zero-order valence-electron chi connectivity index (χ0n) is 17.6. The largest absolute Gasteiger partial charge is 0.416 e. The number of amides is 1. The second kappa shape index (κ2) is 8.74. The van der Waals surface area contributed by atoms with Gasteiger partial charge in [-0.2, -0.15) is 13.2 Å². The van der Waals surface area contributed by atoms with E-state index in [2.05, 4.69) is 14.9 Å². The smallest absolute Gasteiger partial charge is 0.345 e. The third-order valence-electron chi connectivity index (χ3n) is 5.67. The Balaban J connectivity index is 1.43. The van der Waals surface area contributed by atoms with Crippen molar-refractivity contribution in [2.75, 3.05) is 26.2 Å². The Kier molecular flexibility index (Phi) is 6.01. The minimum absolute atomic E-state index is 0.0827. The van der Waals surface area contributed by atoms with Gasteiger partial charge in [0.2, 0.25) is 5.43 Å². The van der Waals surface area contributed by atoms with Crippen LogP contribution in [-0.4, -0.2) is 51.9 Å². The molecule has 2 aromatic heterocycles. The van der Waals surface area contributed by atoms with Gasteiger partial charge < -0.3 is 9.88 Å². The maximum atomic E-state index is 13.0. The van der Waals surface area contributed by atoms with Crippen LogP contribution in [0.5, 0.6) is 0 Å². The van der Waals surface area contributed by atoms with E-state index in [1.165, 1.54) is 18.3 Å². The fraction of sp³-hybridized carbons (Fsp3) is 0.348. The summed E-state index contributed by atoms with van der Waals surface area (Å²) in [6, 6.07) is 8.55. The zero-order chi connectivity index (χ0) is 22.9. The number of nitrogens with one attached hydrogen (secondary N) is 1. The first kappa shape index (κ1) is 22.0. The Labute approximate surface area is 182 Å². The number of nitrogens with zero attached hydrogens (tertiary/aromatic N) is 3. The van der Waals surface area contributed by atoms with E-state index in [1.54, 1.807) is 17.0 Å². The van der Waals surface area contributed by atoms with Crippen molar-refractivity contribution in [3.05, 3.63) is 75.2 Å². The fourth-order valence-electron chi connectivity index (χ4n) is 3.92. The fourth-order valence-corrected chi connectivity index (χ4v) is 3.92. The number of benzene rings is 1. The van der Waals surface area contributed by atoms with E-state index >= 15 is 0 Å². The lowest BCUT2D eigenvalue weighted by atomic mass is 10.1. The van der Waals surface area contributed by atoms with Gasteiger partial charge in [-0.15, -0.1) is 0 Å². The molecule has 1 aliphatic rings. The van der Waals surface area contributed by atoms with Gasteiger partial charge in [0.05, 0.1) is 10.9 Å². The highest BCUT2D eigenvalue weighted by molar-refractivity contribution is 5.96. The van der Waals surface area contributed by atoms with Crippen LogP contribution in [0.25, 0.3) is 11.0 Å². The van der Waals surface area contributed by atoms with Crippen LogP contribution >= 0.6 is 0 Å². The van der Waals surface area contributed by atoms with Gasteiger partial charge in [-0.05, 0) is 43.2 Å². The van der Waals surface area contributed by atoms with Crippen molar-refractivity contribution in [1.82, 2.24) is 19.8 Å². The van der Waals surface area contributed by atoms with Crippen LogP contribution in [0.4, 0.5) is 13.2 Å². The quantitative estimate of drug-likeness (QED) is 0.670. The van der Waals surface area contributed by atoms with Crippen LogP contribution in [0, 0.1) is 6.92 Å². The summed E-state index contributed by atoms with van der Waals surface area (Å²) >= 11 is 0. The van der Waals surface area contributed by atoms with Crippen LogP contribution in [-0.2, 0) is 12.7 Å². The summed E-state index contributed by atoms with van der Waals surface area (Å²) in [6.07, 6.45) is -2.22. The second-order valence-corrected chi connectivity index (χ2v) is 8.00. The molecule has 1 amide bonds. The maximum absolute atomic E-state index is 13.0. The molecule has 168 valence electrons. The van der Waals surface area contributed by atoms with Gasteiger partial charge in [0.15, 0.2) is 0 Å². The average Bonchev–Trinajstić information content (AvgIpc) is 2.99. The number of rotatable bonds is 3. The van der Waals surface area contributed by atoms with Crippen LogP contribution in [0.1, 0.15) is 33.6 Å². The summed E-state index contributed by atoms with van der Waals surface area (Å²) in [4.78, 5) is 36.8. The molecule has 32 heavy (non-hydrogen) atoms. The minimum atomic E-state index is -4.35. The molecular formula is C23H23F3N4O2. The number of aromatic nitrogens is 2.